The van der Waals surface area contributed by atoms with Crippen LogP contribution in [-0.2, 0) is 9.59 Å². The van der Waals surface area contributed by atoms with Crippen molar-refractivity contribution in [1.82, 2.24) is 10.6 Å². The Labute approximate surface area is 142 Å². The molecule has 4 amide bonds. The van der Waals surface area contributed by atoms with Gasteiger partial charge in [0, 0.05) is 11.2 Å². The molecule has 0 aromatic heterocycles. The van der Waals surface area contributed by atoms with Crippen LogP contribution in [0.25, 0.3) is 0 Å². The number of rotatable bonds is 6. The molecular weight excluding hydrogens is 308 g/mol. The van der Waals surface area contributed by atoms with Gasteiger partial charge in [0.25, 0.3) is 11.8 Å². The summed E-state index contributed by atoms with van der Waals surface area (Å²) in [5, 5.41) is 7.71. The van der Waals surface area contributed by atoms with Crippen molar-refractivity contribution in [2.24, 2.45) is 0 Å². The van der Waals surface area contributed by atoms with E-state index >= 15 is 0 Å². The van der Waals surface area contributed by atoms with E-state index in [1.807, 2.05) is 33.8 Å². The third-order valence-corrected chi connectivity index (χ3v) is 3.12. The zero-order chi connectivity index (χ0) is 18.2. The first-order chi connectivity index (χ1) is 11.2. The lowest BCUT2D eigenvalue weighted by Crippen LogP contribution is -3.14. The maximum Gasteiger partial charge on any atom is 0.326 e. The smallest absolute Gasteiger partial charge is 0.326 e. The summed E-state index contributed by atoms with van der Waals surface area (Å²) in [6.07, 6.45) is 0. The SMILES string of the molecule is CC[NH+](CC(=O)NC(=O)Nc1ccccc1)CC(=O)NC(C)(C)C. The fraction of sp³-hybridized carbons (Fsp3) is 0.471. The second kappa shape index (κ2) is 9.02. The minimum Gasteiger partial charge on any atom is -0.347 e. The van der Waals surface area contributed by atoms with Crippen molar-refractivity contribution in [2.45, 2.75) is 33.2 Å². The standard InChI is InChI=1S/C17H26N4O3/c1-5-21(12-15(23)20-17(2,3)4)11-14(22)19-16(24)18-13-9-7-6-8-10-13/h6-10H,5,11-12H2,1-4H3,(H,20,23)(H2,18,19,22,24)/p+1. The zero-order valence-corrected chi connectivity index (χ0v) is 14.7. The van der Waals surface area contributed by atoms with E-state index in [-0.39, 0.29) is 24.5 Å². The number of amides is 4. The second-order valence-corrected chi connectivity index (χ2v) is 6.62. The normalized spacial score (nSPS) is 12.2. The largest absolute Gasteiger partial charge is 0.347 e. The summed E-state index contributed by atoms with van der Waals surface area (Å²) in [7, 11) is 0. The van der Waals surface area contributed by atoms with Crippen molar-refractivity contribution in [3.8, 4) is 0 Å². The predicted molar refractivity (Wildman–Crippen MR) is 92.7 cm³/mol. The molecule has 0 bridgehead atoms. The van der Waals surface area contributed by atoms with Gasteiger partial charge in [-0.1, -0.05) is 18.2 Å². The molecule has 0 radical (unpaired) electrons. The van der Waals surface area contributed by atoms with Crippen LogP contribution in [0.1, 0.15) is 27.7 Å². The Kier molecular flexibility index (Phi) is 7.38. The number of hydrogen-bond donors (Lipinski definition) is 4. The Bertz CT molecular complexity index is 567. The minimum atomic E-state index is -0.583. The average Bonchev–Trinajstić information content (AvgIpc) is 2.45. The van der Waals surface area contributed by atoms with Crippen LogP contribution < -0.4 is 20.9 Å². The predicted octanol–water partition coefficient (Wildman–Crippen LogP) is 0.154. The lowest BCUT2D eigenvalue weighted by molar-refractivity contribution is -0.881. The molecule has 1 atom stereocenters. The molecule has 24 heavy (non-hydrogen) atoms. The van der Waals surface area contributed by atoms with Crippen LogP contribution in [0, 0.1) is 0 Å². The molecule has 4 N–H and O–H groups in total. The van der Waals surface area contributed by atoms with E-state index < -0.39 is 11.9 Å². The van der Waals surface area contributed by atoms with Crippen LogP contribution >= 0.6 is 0 Å². The molecule has 1 rings (SSSR count). The van der Waals surface area contributed by atoms with E-state index in [0.717, 1.165) is 4.90 Å². The molecule has 7 nitrogen and oxygen atoms in total. The molecule has 0 fully saturated rings. The highest BCUT2D eigenvalue weighted by molar-refractivity contribution is 6.01. The van der Waals surface area contributed by atoms with Crippen LogP contribution in [0.5, 0.6) is 0 Å². The Morgan fingerprint density at radius 1 is 1.00 bits per heavy atom. The number of anilines is 1. The molecule has 0 saturated carbocycles. The van der Waals surface area contributed by atoms with Crippen LogP contribution in [0.2, 0.25) is 0 Å². The van der Waals surface area contributed by atoms with Gasteiger partial charge < -0.3 is 15.5 Å². The summed E-state index contributed by atoms with van der Waals surface area (Å²) < 4.78 is 0. The Morgan fingerprint density at radius 2 is 1.58 bits per heavy atom. The van der Waals surface area contributed by atoms with Gasteiger partial charge in [0.15, 0.2) is 13.1 Å². The number of carbonyl (C=O) groups excluding carboxylic acids is 3. The number of urea groups is 1. The van der Waals surface area contributed by atoms with E-state index in [9.17, 15) is 14.4 Å². The molecule has 1 unspecified atom stereocenters. The van der Waals surface area contributed by atoms with E-state index in [0.29, 0.717) is 12.2 Å². The van der Waals surface area contributed by atoms with Crippen LogP contribution in [-0.4, -0.2) is 43.0 Å². The van der Waals surface area contributed by atoms with Crippen molar-refractivity contribution in [2.75, 3.05) is 25.0 Å². The van der Waals surface area contributed by atoms with E-state index in [2.05, 4.69) is 16.0 Å². The van der Waals surface area contributed by atoms with Gasteiger partial charge in [-0.2, -0.15) is 0 Å². The summed E-state index contributed by atoms with van der Waals surface area (Å²) in [5.74, 6) is -0.551. The first kappa shape index (κ1) is 19.6. The number of nitrogens with one attached hydrogen (secondary N) is 4. The van der Waals surface area contributed by atoms with Crippen molar-refractivity contribution in [3.63, 3.8) is 0 Å². The highest BCUT2D eigenvalue weighted by Crippen LogP contribution is 2.03. The van der Waals surface area contributed by atoms with Crippen molar-refractivity contribution in [1.29, 1.82) is 0 Å². The highest BCUT2D eigenvalue weighted by Gasteiger charge is 2.21. The molecule has 1 aromatic rings. The molecule has 0 aliphatic rings. The van der Waals surface area contributed by atoms with E-state index in [1.54, 1.807) is 24.3 Å². The number of benzene rings is 1. The first-order valence-electron chi connectivity index (χ1n) is 8.00. The Balaban J connectivity index is 2.43. The van der Waals surface area contributed by atoms with Gasteiger partial charge in [-0.3, -0.25) is 14.9 Å². The molecule has 0 aliphatic carbocycles. The van der Waals surface area contributed by atoms with Gasteiger partial charge in [0.05, 0.1) is 6.54 Å². The molecule has 1 aromatic carbocycles. The second-order valence-electron chi connectivity index (χ2n) is 6.62. The third kappa shape index (κ3) is 8.28. The van der Waals surface area contributed by atoms with Gasteiger partial charge in [0.1, 0.15) is 0 Å². The van der Waals surface area contributed by atoms with Crippen molar-refractivity contribution < 1.29 is 19.3 Å². The summed E-state index contributed by atoms with van der Waals surface area (Å²) in [6, 6.07) is 8.28. The van der Waals surface area contributed by atoms with Crippen LogP contribution in [0.15, 0.2) is 30.3 Å². The van der Waals surface area contributed by atoms with Gasteiger partial charge in [-0.05, 0) is 39.8 Å². The number of likely N-dealkylation sites (N-methyl/N-ethyl adjacent to an activating group) is 1. The molecule has 0 aliphatic heterocycles. The van der Waals surface area contributed by atoms with E-state index in [4.69, 9.17) is 0 Å². The third-order valence-electron chi connectivity index (χ3n) is 3.12. The lowest BCUT2D eigenvalue weighted by atomic mass is 10.1. The summed E-state index contributed by atoms with van der Waals surface area (Å²) >= 11 is 0. The molecule has 0 spiro atoms. The first-order valence-corrected chi connectivity index (χ1v) is 8.00. The fourth-order valence-electron chi connectivity index (χ4n) is 2.08. The molecule has 0 heterocycles. The Morgan fingerprint density at radius 3 is 2.12 bits per heavy atom. The highest BCUT2D eigenvalue weighted by atomic mass is 16.2. The van der Waals surface area contributed by atoms with Crippen LogP contribution in [0.4, 0.5) is 10.5 Å². The van der Waals surface area contributed by atoms with Gasteiger partial charge in [0.2, 0.25) is 0 Å². The van der Waals surface area contributed by atoms with Gasteiger partial charge in [-0.25, -0.2) is 4.79 Å². The summed E-state index contributed by atoms with van der Waals surface area (Å²) in [6.45, 7) is 8.42. The van der Waals surface area contributed by atoms with Crippen LogP contribution in [0.3, 0.4) is 0 Å². The van der Waals surface area contributed by atoms with E-state index in [1.165, 1.54) is 0 Å². The topological polar surface area (TPSA) is 91.7 Å². The molecule has 7 heteroatoms. The monoisotopic (exact) mass is 335 g/mol. The number of carbonyl (C=O) groups is 3. The summed E-state index contributed by atoms with van der Waals surface area (Å²) in [4.78, 5) is 36.4. The maximum absolute atomic E-state index is 12.0. The number of hydrogen-bond acceptors (Lipinski definition) is 3. The number of quaternary nitrogens is 1. The minimum absolute atomic E-state index is 0.0519. The van der Waals surface area contributed by atoms with Crippen molar-refractivity contribution in [3.05, 3.63) is 30.3 Å². The fourth-order valence-corrected chi connectivity index (χ4v) is 2.08. The average molecular weight is 335 g/mol. The quantitative estimate of drug-likeness (QED) is 0.596. The van der Waals surface area contributed by atoms with Gasteiger partial charge >= 0.3 is 6.03 Å². The molecule has 132 valence electrons. The lowest BCUT2D eigenvalue weighted by Gasteiger charge is -2.22. The van der Waals surface area contributed by atoms with Gasteiger partial charge in [-0.15, -0.1) is 0 Å². The molecular formula is C17H27N4O3+. The molecule has 0 saturated heterocycles. The summed E-state index contributed by atoms with van der Waals surface area (Å²) in [5.41, 5.74) is 0.292. The maximum atomic E-state index is 12.0. The Hall–Kier alpha value is -2.41. The number of imide groups is 1. The zero-order valence-electron chi connectivity index (χ0n) is 14.7. The van der Waals surface area contributed by atoms with Crippen molar-refractivity contribution >= 4 is 23.5 Å². The number of para-hydroxylation sites is 1.